The van der Waals surface area contributed by atoms with Gasteiger partial charge in [0.2, 0.25) is 5.82 Å². The van der Waals surface area contributed by atoms with Gasteiger partial charge in [0.15, 0.2) is 0 Å². The quantitative estimate of drug-likeness (QED) is 0.418. The second-order valence-electron chi connectivity index (χ2n) is 6.29. The number of aromatic nitrogens is 2. The van der Waals surface area contributed by atoms with E-state index < -0.39 is 48.6 Å². The van der Waals surface area contributed by atoms with Gasteiger partial charge in [0.05, 0.1) is 17.6 Å². The van der Waals surface area contributed by atoms with Crippen molar-refractivity contribution in [2.24, 2.45) is 0 Å². The number of amides is 3. The molecule has 0 bridgehead atoms. The number of para-hydroxylation sites is 2. The molecule has 3 amide bonds. The zero-order chi connectivity index (χ0) is 22.6. The Labute approximate surface area is 172 Å². The Bertz CT molecular complexity index is 1130. The molecule has 12 heteroatoms. The third-order valence-corrected chi connectivity index (χ3v) is 4.07. The maximum Gasteiger partial charge on any atom is 0.449 e. The molecule has 0 spiro atoms. The van der Waals surface area contributed by atoms with E-state index >= 15 is 0 Å². The van der Waals surface area contributed by atoms with Crippen LogP contribution in [0, 0.1) is 5.82 Å². The number of alkyl halides is 3. The van der Waals surface area contributed by atoms with E-state index in [0.29, 0.717) is 4.57 Å². The number of hydrogen-bond acceptors (Lipinski definition) is 4. The highest BCUT2D eigenvalue weighted by atomic mass is 19.4. The minimum atomic E-state index is -4.78. The van der Waals surface area contributed by atoms with Gasteiger partial charge in [-0.25, -0.2) is 9.37 Å². The summed E-state index contributed by atoms with van der Waals surface area (Å²) in [6, 6.07) is 10.4. The fraction of sp³-hybridized carbons (Fsp3) is 0.158. The molecule has 0 fully saturated rings. The second-order valence-corrected chi connectivity index (χ2v) is 6.29. The Kier molecular flexibility index (Phi) is 6.18. The molecule has 3 aromatic rings. The molecule has 1 aromatic heterocycles. The van der Waals surface area contributed by atoms with Gasteiger partial charge in [-0.15, -0.1) is 0 Å². The fourth-order valence-electron chi connectivity index (χ4n) is 2.68. The fourth-order valence-corrected chi connectivity index (χ4v) is 2.68. The summed E-state index contributed by atoms with van der Waals surface area (Å²) in [5, 5.41) is 2.25. The van der Waals surface area contributed by atoms with Crippen LogP contribution in [-0.2, 0) is 22.3 Å². The molecule has 31 heavy (non-hydrogen) atoms. The van der Waals surface area contributed by atoms with Crippen LogP contribution in [0.4, 0.5) is 17.6 Å². The van der Waals surface area contributed by atoms with Crippen molar-refractivity contribution in [1.82, 2.24) is 25.7 Å². The van der Waals surface area contributed by atoms with Gasteiger partial charge in [-0.1, -0.05) is 12.1 Å². The SMILES string of the molecule is O=C(CNC(=O)c1ccc(F)cc1)NNC(=O)Cn1c(C(F)(F)F)nc2ccccc21. The highest BCUT2D eigenvalue weighted by molar-refractivity contribution is 5.96. The van der Waals surface area contributed by atoms with Crippen molar-refractivity contribution in [3.05, 3.63) is 65.7 Å². The number of nitrogens with zero attached hydrogens (tertiary/aromatic N) is 2. The lowest BCUT2D eigenvalue weighted by Gasteiger charge is -2.12. The van der Waals surface area contributed by atoms with Gasteiger partial charge >= 0.3 is 6.18 Å². The van der Waals surface area contributed by atoms with E-state index in [-0.39, 0.29) is 16.6 Å². The van der Waals surface area contributed by atoms with Gasteiger partial charge in [-0.3, -0.25) is 25.2 Å². The molecule has 8 nitrogen and oxygen atoms in total. The molecule has 0 unspecified atom stereocenters. The van der Waals surface area contributed by atoms with E-state index in [1.54, 1.807) is 0 Å². The lowest BCUT2D eigenvalue weighted by molar-refractivity contribution is -0.147. The highest BCUT2D eigenvalue weighted by Gasteiger charge is 2.38. The topological polar surface area (TPSA) is 105 Å². The summed E-state index contributed by atoms with van der Waals surface area (Å²) in [6.07, 6.45) is -4.78. The van der Waals surface area contributed by atoms with Crippen LogP contribution in [0.1, 0.15) is 16.2 Å². The minimum Gasteiger partial charge on any atom is -0.343 e. The van der Waals surface area contributed by atoms with Gasteiger partial charge in [0.1, 0.15) is 12.4 Å². The molecule has 162 valence electrons. The molecule has 0 radical (unpaired) electrons. The second kappa shape index (κ2) is 8.81. The smallest absolute Gasteiger partial charge is 0.343 e. The van der Waals surface area contributed by atoms with E-state index in [0.717, 1.165) is 12.1 Å². The lowest BCUT2D eigenvalue weighted by Crippen LogP contribution is -2.47. The first-order valence-electron chi connectivity index (χ1n) is 8.79. The van der Waals surface area contributed by atoms with Crippen LogP contribution in [-0.4, -0.2) is 33.8 Å². The summed E-state index contributed by atoms with van der Waals surface area (Å²) in [5.74, 6) is -4.19. The van der Waals surface area contributed by atoms with Crippen molar-refractivity contribution in [2.45, 2.75) is 12.7 Å². The maximum absolute atomic E-state index is 13.2. The molecule has 3 N–H and O–H groups in total. The summed E-state index contributed by atoms with van der Waals surface area (Å²) in [5.41, 5.74) is 4.25. The molecule has 0 aliphatic carbocycles. The van der Waals surface area contributed by atoms with Gasteiger partial charge in [0, 0.05) is 5.56 Å². The Morgan fingerprint density at radius 3 is 2.26 bits per heavy atom. The number of hydrogen-bond donors (Lipinski definition) is 3. The molecular weight excluding hydrogens is 422 g/mol. The third kappa shape index (κ3) is 5.35. The predicted molar refractivity (Wildman–Crippen MR) is 99.8 cm³/mol. The molecule has 0 saturated carbocycles. The van der Waals surface area contributed by atoms with E-state index in [1.807, 2.05) is 10.9 Å². The number of hydrazine groups is 1. The molecule has 0 atom stereocenters. The van der Waals surface area contributed by atoms with E-state index in [1.165, 1.54) is 36.4 Å². The van der Waals surface area contributed by atoms with E-state index in [2.05, 4.69) is 10.3 Å². The zero-order valence-corrected chi connectivity index (χ0v) is 15.7. The van der Waals surface area contributed by atoms with Crippen LogP contribution >= 0.6 is 0 Å². The zero-order valence-electron chi connectivity index (χ0n) is 15.7. The van der Waals surface area contributed by atoms with Crippen LogP contribution in [0.15, 0.2) is 48.5 Å². The summed E-state index contributed by atoms with van der Waals surface area (Å²) in [6.45, 7) is -1.28. The Morgan fingerprint density at radius 2 is 1.58 bits per heavy atom. The first-order valence-corrected chi connectivity index (χ1v) is 8.79. The van der Waals surface area contributed by atoms with Crippen molar-refractivity contribution in [1.29, 1.82) is 0 Å². The molecule has 0 aliphatic rings. The number of benzene rings is 2. The van der Waals surface area contributed by atoms with Gasteiger partial charge in [-0.2, -0.15) is 13.2 Å². The van der Waals surface area contributed by atoms with Gasteiger partial charge in [0.25, 0.3) is 17.7 Å². The molecule has 2 aromatic carbocycles. The van der Waals surface area contributed by atoms with E-state index in [4.69, 9.17) is 0 Å². The molecule has 0 aliphatic heterocycles. The van der Waals surface area contributed by atoms with Crippen molar-refractivity contribution in [3.8, 4) is 0 Å². The molecular formula is C19H15F4N5O3. The van der Waals surface area contributed by atoms with Crippen molar-refractivity contribution < 1.29 is 31.9 Å². The molecule has 0 saturated heterocycles. The number of imidazole rings is 1. The molecule has 1 heterocycles. The standard InChI is InChI=1S/C19H15F4N5O3/c20-12-7-5-11(6-8-12)17(31)24-9-15(29)26-27-16(30)10-28-14-4-2-1-3-13(14)25-18(28)19(21,22)23/h1-8H,9-10H2,(H,24,31)(H,26,29)(H,27,30). The first-order chi connectivity index (χ1) is 14.6. The average molecular weight is 437 g/mol. The number of halogens is 4. The van der Waals surface area contributed by atoms with Crippen LogP contribution < -0.4 is 16.2 Å². The van der Waals surface area contributed by atoms with Crippen LogP contribution in [0.2, 0.25) is 0 Å². The number of carbonyl (C=O) groups is 3. The van der Waals surface area contributed by atoms with Crippen molar-refractivity contribution in [2.75, 3.05) is 6.54 Å². The Morgan fingerprint density at radius 1 is 0.935 bits per heavy atom. The third-order valence-electron chi connectivity index (χ3n) is 4.07. The summed E-state index contributed by atoms with van der Waals surface area (Å²) in [4.78, 5) is 39.2. The van der Waals surface area contributed by atoms with Crippen molar-refractivity contribution >= 4 is 28.8 Å². The summed E-state index contributed by atoms with van der Waals surface area (Å²) >= 11 is 0. The van der Waals surface area contributed by atoms with E-state index in [9.17, 15) is 31.9 Å². The number of rotatable bonds is 5. The average Bonchev–Trinajstić information content (AvgIpc) is 3.10. The Balaban J connectivity index is 1.56. The predicted octanol–water partition coefficient (Wildman–Crippen LogP) is 1.77. The van der Waals surface area contributed by atoms with Gasteiger partial charge < -0.3 is 9.88 Å². The first kappa shape index (κ1) is 21.7. The summed E-state index contributed by atoms with van der Waals surface area (Å²) in [7, 11) is 0. The number of fused-ring (bicyclic) bond motifs is 1. The molecule has 3 rings (SSSR count). The minimum absolute atomic E-state index is 0.0650. The van der Waals surface area contributed by atoms with Crippen LogP contribution in [0.3, 0.4) is 0 Å². The van der Waals surface area contributed by atoms with Crippen LogP contribution in [0.25, 0.3) is 11.0 Å². The number of nitrogens with one attached hydrogen (secondary N) is 3. The maximum atomic E-state index is 13.2. The van der Waals surface area contributed by atoms with Crippen LogP contribution in [0.5, 0.6) is 0 Å². The normalized spacial score (nSPS) is 11.2. The van der Waals surface area contributed by atoms with Gasteiger partial charge in [-0.05, 0) is 36.4 Å². The Hall–Kier alpha value is -3.96. The largest absolute Gasteiger partial charge is 0.449 e. The number of carbonyl (C=O) groups excluding carboxylic acids is 3. The summed E-state index contributed by atoms with van der Waals surface area (Å²) < 4.78 is 53.3. The monoisotopic (exact) mass is 437 g/mol. The highest BCUT2D eigenvalue weighted by Crippen LogP contribution is 2.31. The van der Waals surface area contributed by atoms with Crippen molar-refractivity contribution in [3.63, 3.8) is 0 Å². The lowest BCUT2D eigenvalue weighted by atomic mass is 10.2.